The molecule has 0 aromatic carbocycles. The molecule has 0 aliphatic heterocycles. The Bertz CT molecular complexity index is 839. The number of carboxylic acids is 1. The molecule has 0 amide bonds. The molecule has 0 spiro atoms. The number of aromatic carboxylic acids is 1. The average Bonchev–Trinajstić information content (AvgIpc) is 2.83. The highest BCUT2D eigenvalue weighted by Crippen LogP contribution is 2.25. The van der Waals surface area contributed by atoms with Gasteiger partial charge in [-0.05, 0) is 25.1 Å². The van der Waals surface area contributed by atoms with Gasteiger partial charge >= 0.3 is 5.97 Å². The van der Waals surface area contributed by atoms with E-state index in [4.69, 9.17) is 4.74 Å². The Morgan fingerprint density at radius 2 is 2.14 bits per heavy atom. The van der Waals surface area contributed by atoms with Gasteiger partial charge in [-0.2, -0.15) is 5.10 Å². The number of aromatic nitrogens is 3. The number of rotatable bonds is 3. The van der Waals surface area contributed by atoms with Crippen molar-refractivity contribution in [1.29, 1.82) is 0 Å². The molecule has 0 saturated carbocycles. The minimum absolute atomic E-state index is 0.220. The SMILES string of the molecule is COc1cc(-c2cccc3c(C(=O)O)c(C)nn23)ccn1. The van der Waals surface area contributed by atoms with Crippen LogP contribution in [0.5, 0.6) is 5.88 Å². The maximum atomic E-state index is 11.4. The molecule has 3 heterocycles. The van der Waals surface area contributed by atoms with E-state index in [1.54, 1.807) is 36.9 Å². The van der Waals surface area contributed by atoms with Gasteiger partial charge in [-0.15, -0.1) is 0 Å². The minimum Gasteiger partial charge on any atom is -0.481 e. The molecule has 3 aromatic rings. The third kappa shape index (κ3) is 2.10. The van der Waals surface area contributed by atoms with Gasteiger partial charge in [0.25, 0.3) is 0 Å². The normalized spacial score (nSPS) is 10.8. The molecule has 0 fully saturated rings. The zero-order valence-corrected chi connectivity index (χ0v) is 11.6. The van der Waals surface area contributed by atoms with Gasteiger partial charge in [-0.25, -0.2) is 14.3 Å². The van der Waals surface area contributed by atoms with Crippen molar-refractivity contribution in [2.75, 3.05) is 7.11 Å². The second kappa shape index (κ2) is 4.90. The average molecular weight is 283 g/mol. The Labute approximate surface area is 120 Å². The minimum atomic E-state index is -0.980. The molecule has 6 heteroatoms. The highest BCUT2D eigenvalue weighted by Gasteiger charge is 2.18. The van der Waals surface area contributed by atoms with Gasteiger partial charge < -0.3 is 9.84 Å². The summed E-state index contributed by atoms with van der Waals surface area (Å²) in [6, 6.07) is 9.04. The molecule has 21 heavy (non-hydrogen) atoms. The first-order chi connectivity index (χ1) is 10.1. The standard InChI is InChI=1S/C15H13N3O3/c1-9-14(15(19)20)12-5-3-4-11(18(12)17-9)10-6-7-16-13(8-10)21-2/h3-8H,1-2H3,(H,19,20). The third-order valence-corrected chi connectivity index (χ3v) is 3.29. The third-order valence-electron chi connectivity index (χ3n) is 3.29. The lowest BCUT2D eigenvalue weighted by Gasteiger charge is -2.06. The Kier molecular flexibility index (Phi) is 3.06. The Morgan fingerprint density at radius 1 is 1.33 bits per heavy atom. The summed E-state index contributed by atoms with van der Waals surface area (Å²) in [6.07, 6.45) is 1.64. The number of carboxylic acid groups (broad SMARTS) is 1. The van der Waals surface area contributed by atoms with Crippen molar-refractivity contribution < 1.29 is 14.6 Å². The molecule has 0 aliphatic carbocycles. The lowest BCUT2D eigenvalue weighted by molar-refractivity contribution is 0.0698. The summed E-state index contributed by atoms with van der Waals surface area (Å²) >= 11 is 0. The van der Waals surface area contributed by atoms with Gasteiger partial charge in [0.1, 0.15) is 5.56 Å². The molecule has 0 bridgehead atoms. The van der Waals surface area contributed by atoms with Crippen molar-refractivity contribution in [2.45, 2.75) is 6.92 Å². The topological polar surface area (TPSA) is 76.7 Å². The molecule has 0 aliphatic rings. The second-order valence-electron chi connectivity index (χ2n) is 4.56. The summed E-state index contributed by atoms with van der Waals surface area (Å²) in [5.41, 5.74) is 2.90. The van der Waals surface area contributed by atoms with Gasteiger partial charge in [0.15, 0.2) is 0 Å². The number of aryl methyl sites for hydroxylation is 1. The Hall–Kier alpha value is -2.89. The van der Waals surface area contributed by atoms with Crippen LogP contribution in [-0.4, -0.2) is 32.8 Å². The van der Waals surface area contributed by atoms with Crippen LogP contribution in [0.15, 0.2) is 36.5 Å². The molecular weight excluding hydrogens is 270 g/mol. The summed E-state index contributed by atoms with van der Waals surface area (Å²) in [6.45, 7) is 1.69. The molecular formula is C15H13N3O3. The number of nitrogens with zero attached hydrogens (tertiary/aromatic N) is 3. The van der Waals surface area contributed by atoms with Crippen LogP contribution in [0, 0.1) is 6.92 Å². The Balaban J connectivity index is 2.28. The summed E-state index contributed by atoms with van der Waals surface area (Å²) in [5.74, 6) is -0.487. The molecule has 6 nitrogen and oxygen atoms in total. The fraction of sp³-hybridized carbons (Fsp3) is 0.133. The predicted octanol–water partition coefficient (Wildman–Crippen LogP) is 2.41. The summed E-state index contributed by atoms with van der Waals surface area (Å²) in [5, 5.41) is 13.7. The van der Waals surface area contributed by atoms with Crippen LogP contribution in [0.1, 0.15) is 16.1 Å². The lowest BCUT2D eigenvalue weighted by atomic mass is 10.1. The zero-order valence-electron chi connectivity index (χ0n) is 11.6. The van der Waals surface area contributed by atoms with Crippen molar-refractivity contribution in [2.24, 2.45) is 0 Å². The monoisotopic (exact) mass is 283 g/mol. The van der Waals surface area contributed by atoms with Crippen molar-refractivity contribution >= 4 is 11.5 Å². The zero-order chi connectivity index (χ0) is 15.0. The van der Waals surface area contributed by atoms with E-state index in [0.29, 0.717) is 17.1 Å². The first-order valence-electron chi connectivity index (χ1n) is 6.34. The highest BCUT2D eigenvalue weighted by atomic mass is 16.5. The molecule has 106 valence electrons. The van der Waals surface area contributed by atoms with Crippen molar-refractivity contribution in [3.05, 3.63) is 47.8 Å². The number of fused-ring (bicyclic) bond motifs is 1. The smallest absolute Gasteiger partial charge is 0.339 e. The second-order valence-corrected chi connectivity index (χ2v) is 4.56. The largest absolute Gasteiger partial charge is 0.481 e. The summed E-state index contributed by atoms with van der Waals surface area (Å²) in [4.78, 5) is 15.4. The van der Waals surface area contributed by atoms with Crippen LogP contribution in [-0.2, 0) is 0 Å². The van der Waals surface area contributed by atoms with Crippen LogP contribution in [0.25, 0.3) is 16.8 Å². The van der Waals surface area contributed by atoms with E-state index >= 15 is 0 Å². The van der Waals surface area contributed by atoms with Gasteiger partial charge in [0, 0.05) is 17.8 Å². The van der Waals surface area contributed by atoms with Crippen molar-refractivity contribution in [3.8, 4) is 17.1 Å². The fourth-order valence-electron chi connectivity index (χ4n) is 2.35. The maximum Gasteiger partial charge on any atom is 0.339 e. The number of pyridine rings is 2. The number of methoxy groups -OCH3 is 1. The number of ether oxygens (including phenoxy) is 1. The van der Waals surface area contributed by atoms with Crippen molar-refractivity contribution in [3.63, 3.8) is 0 Å². The molecule has 3 rings (SSSR count). The maximum absolute atomic E-state index is 11.4. The molecule has 0 unspecified atom stereocenters. The van der Waals surface area contributed by atoms with E-state index in [1.165, 1.54) is 0 Å². The van der Waals surface area contributed by atoms with Crippen LogP contribution in [0.4, 0.5) is 0 Å². The van der Waals surface area contributed by atoms with Crippen LogP contribution in [0.2, 0.25) is 0 Å². The van der Waals surface area contributed by atoms with Gasteiger partial charge in [-0.1, -0.05) is 6.07 Å². The summed E-state index contributed by atoms with van der Waals surface area (Å²) < 4.78 is 6.75. The molecule has 0 saturated heterocycles. The first-order valence-corrected chi connectivity index (χ1v) is 6.34. The van der Waals surface area contributed by atoms with Crippen LogP contribution < -0.4 is 4.74 Å². The van der Waals surface area contributed by atoms with Crippen LogP contribution in [0.3, 0.4) is 0 Å². The van der Waals surface area contributed by atoms with Gasteiger partial charge in [-0.3, -0.25) is 0 Å². The van der Waals surface area contributed by atoms with E-state index < -0.39 is 5.97 Å². The molecule has 3 aromatic heterocycles. The Morgan fingerprint density at radius 3 is 2.86 bits per heavy atom. The summed E-state index contributed by atoms with van der Waals surface area (Å²) in [7, 11) is 1.55. The van der Waals surface area contributed by atoms with Crippen LogP contribution >= 0.6 is 0 Å². The van der Waals surface area contributed by atoms with Gasteiger partial charge in [0.2, 0.25) is 5.88 Å². The van der Waals surface area contributed by atoms with E-state index in [1.807, 2.05) is 18.2 Å². The number of hydrogen-bond donors (Lipinski definition) is 1. The van der Waals surface area contributed by atoms with Gasteiger partial charge in [0.05, 0.1) is 24.0 Å². The molecule has 0 atom stereocenters. The fourth-order valence-corrected chi connectivity index (χ4v) is 2.35. The number of carbonyl (C=O) groups is 1. The highest BCUT2D eigenvalue weighted by molar-refractivity contribution is 5.97. The molecule has 0 radical (unpaired) electrons. The van der Waals surface area contributed by atoms with E-state index in [2.05, 4.69) is 10.1 Å². The van der Waals surface area contributed by atoms with E-state index in [-0.39, 0.29) is 5.56 Å². The quantitative estimate of drug-likeness (QED) is 0.798. The molecule has 1 N–H and O–H groups in total. The number of hydrogen-bond acceptors (Lipinski definition) is 4. The van der Waals surface area contributed by atoms with E-state index in [9.17, 15) is 9.90 Å². The van der Waals surface area contributed by atoms with Crippen molar-refractivity contribution in [1.82, 2.24) is 14.6 Å². The van der Waals surface area contributed by atoms with E-state index in [0.717, 1.165) is 11.3 Å². The lowest BCUT2D eigenvalue weighted by Crippen LogP contribution is -1.98. The first kappa shape index (κ1) is 13.1. The predicted molar refractivity (Wildman–Crippen MR) is 76.7 cm³/mol.